The lowest BCUT2D eigenvalue weighted by molar-refractivity contribution is 0.313. The fourth-order valence-electron chi connectivity index (χ4n) is 3.69. The van der Waals surface area contributed by atoms with Crippen molar-refractivity contribution in [1.29, 1.82) is 0 Å². The minimum absolute atomic E-state index is 0.00512. The fourth-order valence-corrected chi connectivity index (χ4v) is 5.30. The standard InChI is InChI=1S/C20H20F2N2O2S/c1-13-9-17(5-6-18(13)22)27(25,26)24-8-2-3-14(12-24)20-11-15-10-16(21)4-7-19(15)23-20/h4-7,9-11,14,23H,2-3,8,12H2,1H3. The van der Waals surface area contributed by atoms with Crippen LogP contribution >= 0.6 is 0 Å². The predicted octanol–water partition coefficient (Wildman–Crippen LogP) is 4.32. The maximum atomic E-state index is 13.5. The van der Waals surface area contributed by atoms with E-state index in [0.29, 0.717) is 18.7 Å². The molecule has 3 aromatic rings. The van der Waals surface area contributed by atoms with Crippen molar-refractivity contribution in [3.8, 4) is 0 Å². The molecule has 0 aliphatic carbocycles. The molecule has 1 unspecified atom stereocenters. The van der Waals surface area contributed by atoms with Crippen LogP contribution in [-0.2, 0) is 10.0 Å². The number of hydrogen-bond donors (Lipinski definition) is 1. The molecule has 1 aliphatic heterocycles. The number of nitrogens with one attached hydrogen (secondary N) is 1. The lowest BCUT2D eigenvalue weighted by atomic mass is 9.96. The Labute approximate surface area is 156 Å². The normalized spacial score (nSPS) is 18.9. The van der Waals surface area contributed by atoms with Crippen LogP contribution in [-0.4, -0.2) is 30.8 Å². The number of halogens is 2. The van der Waals surface area contributed by atoms with Crippen LogP contribution in [0.25, 0.3) is 10.9 Å². The molecule has 27 heavy (non-hydrogen) atoms. The average molecular weight is 390 g/mol. The highest BCUT2D eigenvalue weighted by atomic mass is 32.2. The molecule has 0 saturated carbocycles. The Morgan fingerprint density at radius 3 is 2.70 bits per heavy atom. The van der Waals surface area contributed by atoms with Crippen molar-refractivity contribution in [1.82, 2.24) is 9.29 Å². The van der Waals surface area contributed by atoms with Crippen LogP contribution < -0.4 is 0 Å². The number of sulfonamides is 1. The number of fused-ring (bicyclic) bond motifs is 1. The van der Waals surface area contributed by atoms with Crippen molar-refractivity contribution in [3.05, 3.63) is 65.4 Å². The van der Waals surface area contributed by atoms with Crippen molar-refractivity contribution >= 4 is 20.9 Å². The van der Waals surface area contributed by atoms with Gasteiger partial charge in [-0.05, 0) is 67.8 Å². The summed E-state index contributed by atoms with van der Waals surface area (Å²) in [5, 5.41) is 0.777. The van der Waals surface area contributed by atoms with E-state index in [0.717, 1.165) is 29.4 Å². The molecule has 1 N–H and O–H groups in total. The van der Waals surface area contributed by atoms with E-state index in [1.54, 1.807) is 13.0 Å². The van der Waals surface area contributed by atoms with Gasteiger partial charge in [-0.2, -0.15) is 4.31 Å². The van der Waals surface area contributed by atoms with Gasteiger partial charge in [-0.25, -0.2) is 17.2 Å². The van der Waals surface area contributed by atoms with Crippen molar-refractivity contribution in [2.75, 3.05) is 13.1 Å². The molecular weight excluding hydrogens is 370 g/mol. The number of aryl methyl sites for hydroxylation is 1. The highest BCUT2D eigenvalue weighted by molar-refractivity contribution is 7.89. The second-order valence-corrected chi connectivity index (χ2v) is 9.01. The van der Waals surface area contributed by atoms with E-state index < -0.39 is 15.8 Å². The monoisotopic (exact) mass is 390 g/mol. The molecule has 4 nitrogen and oxygen atoms in total. The van der Waals surface area contributed by atoms with Crippen molar-refractivity contribution in [3.63, 3.8) is 0 Å². The Morgan fingerprint density at radius 1 is 1.11 bits per heavy atom. The topological polar surface area (TPSA) is 53.2 Å². The van der Waals surface area contributed by atoms with Gasteiger partial charge in [0.2, 0.25) is 10.0 Å². The van der Waals surface area contributed by atoms with E-state index in [1.807, 2.05) is 6.07 Å². The van der Waals surface area contributed by atoms with Crippen LogP contribution in [0.3, 0.4) is 0 Å². The van der Waals surface area contributed by atoms with E-state index in [9.17, 15) is 17.2 Å². The molecule has 1 saturated heterocycles. The van der Waals surface area contributed by atoms with Gasteiger partial charge >= 0.3 is 0 Å². The molecule has 142 valence electrons. The van der Waals surface area contributed by atoms with E-state index in [1.165, 1.54) is 34.6 Å². The van der Waals surface area contributed by atoms with Gasteiger partial charge in [0.25, 0.3) is 0 Å². The van der Waals surface area contributed by atoms with Crippen LogP contribution in [0.1, 0.15) is 30.0 Å². The Bertz CT molecular complexity index is 1110. The zero-order valence-electron chi connectivity index (χ0n) is 14.9. The summed E-state index contributed by atoms with van der Waals surface area (Å²) in [5.41, 5.74) is 2.05. The van der Waals surface area contributed by atoms with Gasteiger partial charge < -0.3 is 4.98 Å². The molecular formula is C20H20F2N2O2S. The van der Waals surface area contributed by atoms with Gasteiger partial charge in [0.15, 0.2) is 0 Å². The zero-order valence-corrected chi connectivity index (χ0v) is 15.7. The SMILES string of the molecule is Cc1cc(S(=O)(=O)N2CCCC(c3cc4cc(F)ccc4[nH]3)C2)ccc1F. The van der Waals surface area contributed by atoms with Crippen LogP contribution in [0.4, 0.5) is 8.78 Å². The van der Waals surface area contributed by atoms with E-state index in [4.69, 9.17) is 0 Å². The van der Waals surface area contributed by atoms with E-state index >= 15 is 0 Å². The predicted molar refractivity (Wildman–Crippen MR) is 100 cm³/mol. The smallest absolute Gasteiger partial charge is 0.243 e. The first-order valence-electron chi connectivity index (χ1n) is 8.89. The Balaban J connectivity index is 1.62. The first-order chi connectivity index (χ1) is 12.8. The van der Waals surface area contributed by atoms with Crippen LogP contribution in [0.5, 0.6) is 0 Å². The minimum Gasteiger partial charge on any atom is -0.358 e. The summed E-state index contributed by atoms with van der Waals surface area (Å²) in [4.78, 5) is 3.39. The summed E-state index contributed by atoms with van der Waals surface area (Å²) in [6.07, 6.45) is 1.58. The summed E-state index contributed by atoms with van der Waals surface area (Å²) in [6.45, 7) is 2.33. The molecule has 0 radical (unpaired) electrons. The summed E-state index contributed by atoms with van der Waals surface area (Å²) in [7, 11) is -3.69. The number of benzene rings is 2. The minimum atomic E-state index is -3.69. The summed E-state index contributed by atoms with van der Waals surface area (Å²) in [5.74, 6) is -0.714. The molecule has 4 rings (SSSR count). The first-order valence-corrected chi connectivity index (χ1v) is 10.3. The largest absolute Gasteiger partial charge is 0.358 e. The quantitative estimate of drug-likeness (QED) is 0.724. The van der Waals surface area contributed by atoms with Gasteiger partial charge in [0.05, 0.1) is 4.90 Å². The first kappa shape index (κ1) is 18.1. The summed E-state index contributed by atoms with van der Waals surface area (Å²) < 4.78 is 54.4. The third-order valence-corrected chi connectivity index (χ3v) is 7.06. The number of rotatable bonds is 3. The molecule has 2 heterocycles. The molecule has 1 fully saturated rings. The highest BCUT2D eigenvalue weighted by Gasteiger charge is 2.31. The number of piperidine rings is 1. The number of H-pyrrole nitrogens is 1. The third kappa shape index (κ3) is 3.37. The lowest BCUT2D eigenvalue weighted by Crippen LogP contribution is -2.39. The van der Waals surface area contributed by atoms with Gasteiger partial charge in [-0.15, -0.1) is 0 Å². The van der Waals surface area contributed by atoms with E-state index in [-0.39, 0.29) is 16.6 Å². The molecule has 7 heteroatoms. The number of aromatic nitrogens is 1. The second kappa shape index (κ2) is 6.73. The zero-order chi connectivity index (χ0) is 19.2. The summed E-state index contributed by atoms with van der Waals surface area (Å²) in [6, 6.07) is 10.3. The number of nitrogens with zero attached hydrogens (tertiary/aromatic N) is 1. The third-order valence-electron chi connectivity index (χ3n) is 5.19. The lowest BCUT2D eigenvalue weighted by Gasteiger charge is -2.31. The maximum Gasteiger partial charge on any atom is 0.243 e. The molecule has 0 spiro atoms. The van der Waals surface area contributed by atoms with Crippen LogP contribution in [0, 0.1) is 18.6 Å². The van der Waals surface area contributed by atoms with Crippen molar-refractivity contribution < 1.29 is 17.2 Å². The van der Waals surface area contributed by atoms with Crippen molar-refractivity contribution in [2.45, 2.75) is 30.6 Å². The van der Waals surface area contributed by atoms with Crippen LogP contribution in [0.2, 0.25) is 0 Å². The number of hydrogen-bond acceptors (Lipinski definition) is 2. The fraction of sp³-hybridized carbons (Fsp3) is 0.300. The highest BCUT2D eigenvalue weighted by Crippen LogP contribution is 2.32. The molecule has 0 amide bonds. The molecule has 0 bridgehead atoms. The maximum absolute atomic E-state index is 13.5. The Morgan fingerprint density at radius 2 is 1.93 bits per heavy atom. The van der Waals surface area contributed by atoms with E-state index in [2.05, 4.69) is 4.98 Å². The molecule has 2 aromatic carbocycles. The Kier molecular flexibility index (Phi) is 4.52. The van der Waals surface area contributed by atoms with Gasteiger partial charge in [0, 0.05) is 35.6 Å². The van der Waals surface area contributed by atoms with Crippen molar-refractivity contribution in [2.24, 2.45) is 0 Å². The Hall–Kier alpha value is -2.25. The van der Waals surface area contributed by atoms with Gasteiger partial charge in [-0.1, -0.05) is 0 Å². The molecule has 1 aromatic heterocycles. The number of aromatic amines is 1. The summed E-state index contributed by atoms with van der Waals surface area (Å²) >= 11 is 0. The molecule has 1 aliphatic rings. The average Bonchev–Trinajstić information content (AvgIpc) is 3.07. The second-order valence-electron chi connectivity index (χ2n) is 7.07. The van der Waals surface area contributed by atoms with Crippen LogP contribution in [0.15, 0.2) is 47.4 Å². The van der Waals surface area contributed by atoms with Gasteiger partial charge in [0.1, 0.15) is 11.6 Å². The van der Waals surface area contributed by atoms with Gasteiger partial charge in [-0.3, -0.25) is 0 Å². The molecule has 1 atom stereocenters.